The summed E-state index contributed by atoms with van der Waals surface area (Å²) in [7, 11) is 0. The highest BCUT2D eigenvalue weighted by Gasteiger charge is 2.12. The summed E-state index contributed by atoms with van der Waals surface area (Å²) >= 11 is 0. The van der Waals surface area contributed by atoms with Crippen LogP contribution in [0.5, 0.6) is 0 Å². The minimum atomic E-state index is -0.850. The zero-order valence-electron chi connectivity index (χ0n) is 14.5. The van der Waals surface area contributed by atoms with Crippen LogP contribution in [-0.2, 0) is 6.42 Å². The van der Waals surface area contributed by atoms with E-state index in [2.05, 4.69) is 32.7 Å². The van der Waals surface area contributed by atoms with Gasteiger partial charge in [0, 0.05) is 18.8 Å². The number of nitrogens with one attached hydrogen (secondary N) is 2. The molecule has 0 aliphatic rings. The quantitative estimate of drug-likeness (QED) is 0.618. The first-order valence-electron chi connectivity index (χ1n) is 8.49. The largest absolute Gasteiger partial charge is 0.354 e. The van der Waals surface area contributed by atoms with Crippen LogP contribution in [0.15, 0.2) is 60.8 Å². The van der Waals surface area contributed by atoms with Gasteiger partial charge in [0.15, 0.2) is 0 Å². The molecule has 7 heteroatoms. The third-order valence-corrected chi connectivity index (χ3v) is 3.84. The first-order chi connectivity index (χ1) is 13.1. The predicted molar refractivity (Wildman–Crippen MR) is 99.6 cm³/mol. The molecule has 2 aromatic carbocycles. The maximum atomic E-state index is 13.7. The lowest BCUT2D eigenvalue weighted by atomic mass is 10.1. The highest BCUT2D eigenvalue weighted by atomic mass is 19.1. The average Bonchev–Trinajstić information content (AvgIpc) is 2.68. The van der Waals surface area contributed by atoms with Crippen LogP contribution in [0.1, 0.15) is 22.5 Å². The maximum Gasteiger partial charge on any atom is 0.274 e. The molecule has 1 heterocycles. The Morgan fingerprint density at radius 2 is 1.85 bits per heavy atom. The second-order valence-electron chi connectivity index (χ2n) is 5.86. The average molecular weight is 368 g/mol. The van der Waals surface area contributed by atoms with Crippen LogP contribution in [0.4, 0.5) is 20.4 Å². The van der Waals surface area contributed by atoms with Crippen LogP contribution >= 0.6 is 0 Å². The first-order valence-corrected chi connectivity index (χ1v) is 8.49. The molecule has 27 heavy (non-hydrogen) atoms. The number of benzene rings is 2. The Balaban J connectivity index is 1.55. The number of carbonyl (C=O) groups is 1. The maximum absolute atomic E-state index is 13.7. The Hall–Kier alpha value is -3.35. The summed E-state index contributed by atoms with van der Waals surface area (Å²) in [6.07, 6.45) is 3.24. The summed E-state index contributed by atoms with van der Waals surface area (Å²) in [4.78, 5) is 20.4. The molecule has 0 bridgehead atoms. The van der Waals surface area contributed by atoms with E-state index in [9.17, 15) is 13.6 Å². The Morgan fingerprint density at radius 3 is 2.63 bits per heavy atom. The molecule has 0 unspecified atom stereocenters. The summed E-state index contributed by atoms with van der Waals surface area (Å²) in [5, 5.41) is 5.44. The Kier molecular flexibility index (Phi) is 6.04. The van der Waals surface area contributed by atoms with Crippen molar-refractivity contribution in [2.75, 3.05) is 17.2 Å². The summed E-state index contributed by atoms with van der Waals surface area (Å²) in [6, 6.07) is 14.5. The van der Waals surface area contributed by atoms with E-state index in [1.165, 1.54) is 17.8 Å². The van der Waals surface area contributed by atoms with Crippen molar-refractivity contribution in [2.45, 2.75) is 12.8 Å². The molecule has 0 saturated heterocycles. The molecular weight excluding hydrogens is 350 g/mol. The number of aryl methyl sites for hydroxylation is 1. The first kappa shape index (κ1) is 18.4. The SMILES string of the molecule is O=C(Nc1ccc(F)cc1F)c1ccnc(NCCCc2ccccc2)n1. The molecule has 5 nitrogen and oxygen atoms in total. The van der Waals surface area contributed by atoms with E-state index in [1.807, 2.05) is 18.2 Å². The second-order valence-corrected chi connectivity index (χ2v) is 5.86. The minimum absolute atomic E-state index is 0.0827. The fourth-order valence-corrected chi connectivity index (χ4v) is 2.48. The number of nitrogens with zero attached hydrogens (tertiary/aromatic N) is 2. The van der Waals surface area contributed by atoms with Crippen LogP contribution < -0.4 is 10.6 Å². The van der Waals surface area contributed by atoms with E-state index in [-0.39, 0.29) is 11.4 Å². The molecule has 0 aliphatic carbocycles. The summed E-state index contributed by atoms with van der Waals surface area (Å²) in [5.74, 6) is -1.85. The molecule has 3 aromatic rings. The van der Waals surface area contributed by atoms with Crippen LogP contribution in [0.2, 0.25) is 0 Å². The topological polar surface area (TPSA) is 66.9 Å². The van der Waals surface area contributed by atoms with Crippen LogP contribution in [0, 0.1) is 11.6 Å². The van der Waals surface area contributed by atoms with Crippen molar-refractivity contribution in [1.82, 2.24) is 9.97 Å². The van der Waals surface area contributed by atoms with E-state index in [4.69, 9.17) is 0 Å². The number of anilines is 2. The van der Waals surface area contributed by atoms with Crippen molar-refractivity contribution in [3.05, 3.63) is 83.7 Å². The van der Waals surface area contributed by atoms with Gasteiger partial charge in [0.1, 0.15) is 17.3 Å². The smallest absolute Gasteiger partial charge is 0.274 e. The fourth-order valence-electron chi connectivity index (χ4n) is 2.48. The Labute approximate surface area is 155 Å². The van der Waals surface area contributed by atoms with Crippen LogP contribution in [-0.4, -0.2) is 22.4 Å². The van der Waals surface area contributed by atoms with Gasteiger partial charge in [-0.1, -0.05) is 30.3 Å². The molecule has 3 rings (SSSR count). The molecule has 0 aliphatic heterocycles. The molecule has 0 spiro atoms. The number of carbonyl (C=O) groups excluding carboxylic acids is 1. The van der Waals surface area contributed by atoms with E-state index in [0.29, 0.717) is 18.6 Å². The number of hydrogen-bond acceptors (Lipinski definition) is 4. The third-order valence-electron chi connectivity index (χ3n) is 3.84. The number of halogens is 2. The second kappa shape index (κ2) is 8.84. The van der Waals surface area contributed by atoms with Gasteiger partial charge in [-0.15, -0.1) is 0 Å². The highest BCUT2D eigenvalue weighted by Crippen LogP contribution is 2.16. The van der Waals surface area contributed by atoms with Crippen molar-refractivity contribution in [3.8, 4) is 0 Å². The number of hydrogen-bond donors (Lipinski definition) is 2. The van der Waals surface area contributed by atoms with E-state index < -0.39 is 17.5 Å². The van der Waals surface area contributed by atoms with Gasteiger partial charge in [0.25, 0.3) is 5.91 Å². The van der Waals surface area contributed by atoms with Crippen molar-refractivity contribution >= 4 is 17.5 Å². The van der Waals surface area contributed by atoms with Crippen molar-refractivity contribution in [2.24, 2.45) is 0 Å². The van der Waals surface area contributed by atoms with E-state index in [0.717, 1.165) is 25.0 Å². The van der Waals surface area contributed by atoms with Crippen LogP contribution in [0.3, 0.4) is 0 Å². The van der Waals surface area contributed by atoms with Gasteiger partial charge in [0.2, 0.25) is 5.95 Å². The summed E-state index contributed by atoms with van der Waals surface area (Å²) in [5.41, 5.74) is 1.21. The zero-order valence-corrected chi connectivity index (χ0v) is 14.5. The molecule has 0 radical (unpaired) electrons. The van der Waals surface area contributed by atoms with Gasteiger partial charge >= 0.3 is 0 Å². The van der Waals surface area contributed by atoms with Gasteiger partial charge in [-0.25, -0.2) is 18.7 Å². The van der Waals surface area contributed by atoms with Crippen molar-refractivity contribution in [1.29, 1.82) is 0 Å². The molecule has 2 N–H and O–H groups in total. The molecular formula is C20H18F2N4O. The van der Waals surface area contributed by atoms with Gasteiger partial charge in [-0.05, 0) is 36.6 Å². The fraction of sp³-hybridized carbons (Fsp3) is 0.150. The number of amides is 1. The van der Waals surface area contributed by atoms with Crippen molar-refractivity contribution < 1.29 is 13.6 Å². The lowest BCUT2D eigenvalue weighted by Crippen LogP contribution is -2.16. The lowest BCUT2D eigenvalue weighted by Gasteiger charge is -2.08. The monoisotopic (exact) mass is 368 g/mol. The standard InChI is InChI=1S/C20H18F2N4O/c21-15-8-9-17(16(22)13-15)25-19(27)18-10-12-24-20(26-18)23-11-4-7-14-5-2-1-3-6-14/h1-3,5-6,8-10,12-13H,4,7,11H2,(H,25,27)(H,23,24,26). The normalized spacial score (nSPS) is 10.4. The Morgan fingerprint density at radius 1 is 1.04 bits per heavy atom. The van der Waals surface area contributed by atoms with E-state index in [1.54, 1.807) is 0 Å². The number of aromatic nitrogens is 2. The molecule has 138 valence electrons. The van der Waals surface area contributed by atoms with E-state index >= 15 is 0 Å². The van der Waals surface area contributed by atoms with Crippen molar-refractivity contribution in [3.63, 3.8) is 0 Å². The molecule has 1 aromatic heterocycles. The summed E-state index contributed by atoms with van der Waals surface area (Å²) < 4.78 is 26.6. The molecule has 0 fully saturated rings. The molecule has 1 amide bonds. The third kappa shape index (κ3) is 5.31. The molecule has 0 saturated carbocycles. The molecule has 0 atom stereocenters. The zero-order chi connectivity index (χ0) is 19.1. The highest BCUT2D eigenvalue weighted by molar-refractivity contribution is 6.03. The minimum Gasteiger partial charge on any atom is -0.354 e. The van der Waals surface area contributed by atoms with Gasteiger partial charge in [0.05, 0.1) is 5.69 Å². The van der Waals surface area contributed by atoms with Gasteiger partial charge in [-0.3, -0.25) is 4.79 Å². The Bertz CT molecular complexity index is 919. The number of rotatable bonds is 7. The predicted octanol–water partition coefficient (Wildman–Crippen LogP) is 4.05. The van der Waals surface area contributed by atoms with Crippen LogP contribution in [0.25, 0.3) is 0 Å². The van der Waals surface area contributed by atoms with Gasteiger partial charge < -0.3 is 10.6 Å². The summed E-state index contributed by atoms with van der Waals surface area (Å²) in [6.45, 7) is 0.645. The lowest BCUT2D eigenvalue weighted by molar-refractivity contribution is 0.102. The van der Waals surface area contributed by atoms with Gasteiger partial charge in [-0.2, -0.15) is 0 Å².